The average Bonchev–Trinajstić information content (AvgIpc) is 2.50. The van der Waals surface area contributed by atoms with Gasteiger partial charge in [-0.3, -0.25) is 9.59 Å². The second-order valence-corrected chi connectivity index (χ2v) is 6.98. The molecule has 0 spiro atoms. The lowest BCUT2D eigenvalue weighted by Gasteiger charge is -2.23. The van der Waals surface area contributed by atoms with Crippen LogP contribution < -0.4 is 10.6 Å². The van der Waals surface area contributed by atoms with Gasteiger partial charge in [0.25, 0.3) is 0 Å². The Bertz CT molecular complexity index is 509. The maximum atomic E-state index is 11.9. The quantitative estimate of drug-likeness (QED) is 0.682. The largest absolute Gasteiger partial charge is 0.381 e. The maximum absolute atomic E-state index is 11.9. The number of hydrogen-bond acceptors (Lipinski definition) is 3. The zero-order valence-corrected chi connectivity index (χ0v) is 15.2. The van der Waals surface area contributed by atoms with Gasteiger partial charge in [-0.2, -0.15) is 0 Å². The lowest BCUT2D eigenvalue weighted by atomic mass is 10.1. The first kappa shape index (κ1) is 20.2. The molecule has 0 unspecified atom stereocenters. The molecule has 24 heavy (non-hydrogen) atoms. The third-order valence-electron chi connectivity index (χ3n) is 3.34. The third-order valence-corrected chi connectivity index (χ3v) is 3.34. The van der Waals surface area contributed by atoms with Crippen molar-refractivity contribution in [1.82, 2.24) is 10.6 Å². The van der Waals surface area contributed by atoms with Crippen LogP contribution >= 0.6 is 0 Å². The Labute approximate surface area is 145 Å². The van der Waals surface area contributed by atoms with Crippen LogP contribution in [0.3, 0.4) is 0 Å². The first-order valence-electron chi connectivity index (χ1n) is 8.51. The van der Waals surface area contributed by atoms with Gasteiger partial charge in [0, 0.05) is 18.6 Å². The molecule has 5 heteroatoms. The number of nitrogens with one attached hydrogen (secondary N) is 2. The first-order valence-corrected chi connectivity index (χ1v) is 8.51. The first-order chi connectivity index (χ1) is 11.3. The Morgan fingerprint density at radius 3 is 2.42 bits per heavy atom. The summed E-state index contributed by atoms with van der Waals surface area (Å²) in [6, 6.07) is 9.62. The molecule has 134 valence electrons. The highest BCUT2D eigenvalue weighted by Crippen LogP contribution is 2.01. The molecule has 0 heterocycles. The molecule has 0 saturated carbocycles. The number of benzene rings is 1. The molecule has 0 aliphatic rings. The lowest BCUT2D eigenvalue weighted by Crippen LogP contribution is -2.50. The molecule has 0 aliphatic carbocycles. The second kappa shape index (κ2) is 10.1. The van der Waals surface area contributed by atoms with E-state index in [1.54, 1.807) is 6.92 Å². The van der Waals surface area contributed by atoms with Gasteiger partial charge in [0.15, 0.2) is 0 Å². The number of ether oxygens (including phenoxy) is 1. The van der Waals surface area contributed by atoms with E-state index in [4.69, 9.17) is 4.74 Å². The number of hydrogen-bond donors (Lipinski definition) is 2. The van der Waals surface area contributed by atoms with Gasteiger partial charge < -0.3 is 15.4 Å². The number of carbonyl (C=O) groups is 2. The normalized spacial score (nSPS) is 12.5. The van der Waals surface area contributed by atoms with Gasteiger partial charge in [-0.15, -0.1) is 0 Å². The Morgan fingerprint density at radius 1 is 1.12 bits per heavy atom. The van der Waals surface area contributed by atoms with E-state index >= 15 is 0 Å². The SMILES string of the molecule is C[C@@H](NC(=O)CCCOCCc1ccccc1)C(=O)NC(C)(C)C. The standard InChI is InChI=1S/C19H30N2O3/c1-15(18(23)21-19(2,3)4)20-17(22)11-8-13-24-14-12-16-9-6-5-7-10-16/h5-7,9-10,15H,8,11-14H2,1-4H3,(H,20,22)(H,21,23)/t15-/m1/s1. The molecule has 1 atom stereocenters. The Morgan fingerprint density at radius 2 is 1.79 bits per heavy atom. The monoisotopic (exact) mass is 334 g/mol. The topological polar surface area (TPSA) is 67.4 Å². The molecule has 1 rings (SSSR count). The summed E-state index contributed by atoms with van der Waals surface area (Å²) in [4.78, 5) is 23.7. The predicted molar refractivity (Wildman–Crippen MR) is 95.7 cm³/mol. The van der Waals surface area contributed by atoms with E-state index in [1.165, 1.54) is 5.56 Å². The van der Waals surface area contributed by atoms with Crippen LogP contribution in [0, 0.1) is 0 Å². The van der Waals surface area contributed by atoms with Gasteiger partial charge in [-0.25, -0.2) is 0 Å². The van der Waals surface area contributed by atoms with E-state index in [-0.39, 0.29) is 17.4 Å². The summed E-state index contributed by atoms with van der Waals surface area (Å²) < 4.78 is 5.55. The van der Waals surface area contributed by atoms with Gasteiger partial charge in [0.1, 0.15) is 6.04 Å². The molecule has 0 radical (unpaired) electrons. The molecule has 1 aromatic rings. The fourth-order valence-corrected chi connectivity index (χ4v) is 2.13. The van der Waals surface area contributed by atoms with Gasteiger partial charge >= 0.3 is 0 Å². The molecule has 0 aromatic heterocycles. The molecule has 0 aliphatic heterocycles. The van der Waals surface area contributed by atoms with Crippen LogP contribution in [-0.2, 0) is 20.7 Å². The predicted octanol–water partition coefficient (Wildman–Crippen LogP) is 2.45. The van der Waals surface area contributed by atoms with Crippen molar-refractivity contribution in [2.75, 3.05) is 13.2 Å². The molecule has 0 fully saturated rings. The minimum atomic E-state index is -0.532. The molecule has 1 aromatic carbocycles. The van der Waals surface area contributed by atoms with E-state index in [0.717, 1.165) is 6.42 Å². The van der Waals surface area contributed by atoms with Crippen LogP contribution in [-0.4, -0.2) is 36.6 Å². The summed E-state index contributed by atoms with van der Waals surface area (Å²) >= 11 is 0. The second-order valence-electron chi connectivity index (χ2n) is 6.98. The number of rotatable bonds is 9. The number of amides is 2. The van der Waals surface area contributed by atoms with Crippen molar-refractivity contribution in [1.29, 1.82) is 0 Å². The van der Waals surface area contributed by atoms with Gasteiger partial charge in [0.2, 0.25) is 11.8 Å². The van der Waals surface area contributed by atoms with Crippen molar-refractivity contribution in [2.24, 2.45) is 0 Å². The molecule has 5 nitrogen and oxygen atoms in total. The van der Waals surface area contributed by atoms with Crippen LogP contribution in [0.5, 0.6) is 0 Å². The van der Waals surface area contributed by atoms with Crippen molar-refractivity contribution in [3.8, 4) is 0 Å². The number of carbonyl (C=O) groups excluding carboxylic acids is 2. The lowest BCUT2D eigenvalue weighted by molar-refractivity contribution is -0.129. The van der Waals surface area contributed by atoms with Gasteiger partial charge in [-0.05, 0) is 46.1 Å². The van der Waals surface area contributed by atoms with Crippen LogP contribution in [0.2, 0.25) is 0 Å². The molecule has 0 saturated heterocycles. The van der Waals surface area contributed by atoms with E-state index in [1.807, 2.05) is 39.0 Å². The molecular weight excluding hydrogens is 304 g/mol. The molecular formula is C19H30N2O3. The van der Waals surface area contributed by atoms with Crippen molar-refractivity contribution >= 4 is 11.8 Å². The van der Waals surface area contributed by atoms with Crippen molar-refractivity contribution in [3.05, 3.63) is 35.9 Å². The Hall–Kier alpha value is -1.88. The van der Waals surface area contributed by atoms with Crippen LogP contribution in [0.15, 0.2) is 30.3 Å². The van der Waals surface area contributed by atoms with E-state index in [9.17, 15) is 9.59 Å². The summed E-state index contributed by atoms with van der Waals surface area (Å²) in [5.41, 5.74) is 0.941. The molecule has 0 bridgehead atoms. The Balaban J connectivity index is 2.10. The summed E-state index contributed by atoms with van der Waals surface area (Å²) in [6.45, 7) is 8.61. The maximum Gasteiger partial charge on any atom is 0.242 e. The van der Waals surface area contributed by atoms with E-state index < -0.39 is 6.04 Å². The van der Waals surface area contributed by atoms with Crippen LogP contribution in [0.1, 0.15) is 46.1 Å². The fraction of sp³-hybridized carbons (Fsp3) is 0.579. The molecule has 2 amide bonds. The van der Waals surface area contributed by atoms with Crippen LogP contribution in [0.4, 0.5) is 0 Å². The van der Waals surface area contributed by atoms with Gasteiger partial charge in [0.05, 0.1) is 6.61 Å². The van der Waals surface area contributed by atoms with Gasteiger partial charge in [-0.1, -0.05) is 30.3 Å². The fourth-order valence-electron chi connectivity index (χ4n) is 2.13. The van der Waals surface area contributed by atoms with E-state index in [0.29, 0.717) is 26.1 Å². The highest BCUT2D eigenvalue weighted by molar-refractivity contribution is 5.87. The molecule has 2 N–H and O–H groups in total. The van der Waals surface area contributed by atoms with Crippen molar-refractivity contribution in [3.63, 3.8) is 0 Å². The summed E-state index contributed by atoms with van der Waals surface area (Å²) in [5.74, 6) is -0.298. The minimum absolute atomic E-state index is 0.127. The van der Waals surface area contributed by atoms with E-state index in [2.05, 4.69) is 22.8 Å². The van der Waals surface area contributed by atoms with Crippen LogP contribution in [0.25, 0.3) is 0 Å². The zero-order valence-electron chi connectivity index (χ0n) is 15.2. The Kier molecular flexibility index (Phi) is 8.47. The minimum Gasteiger partial charge on any atom is -0.381 e. The van der Waals surface area contributed by atoms with Crippen molar-refractivity contribution in [2.45, 2.75) is 58.5 Å². The average molecular weight is 334 g/mol. The zero-order chi connectivity index (χ0) is 18.0. The summed E-state index contributed by atoms with van der Waals surface area (Å²) in [5, 5.41) is 5.56. The van der Waals surface area contributed by atoms with Crippen molar-refractivity contribution < 1.29 is 14.3 Å². The summed E-state index contributed by atoms with van der Waals surface area (Å²) in [7, 11) is 0. The summed E-state index contributed by atoms with van der Waals surface area (Å²) in [6.07, 6.45) is 1.88. The third kappa shape index (κ3) is 9.30. The highest BCUT2D eigenvalue weighted by atomic mass is 16.5. The smallest absolute Gasteiger partial charge is 0.242 e. The highest BCUT2D eigenvalue weighted by Gasteiger charge is 2.20.